The second-order valence-electron chi connectivity index (χ2n) is 28.7. The first kappa shape index (κ1) is 138. The maximum absolute atomic E-state index is 14.7. The average molecular weight is 2420 g/mol. The van der Waals surface area contributed by atoms with E-state index in [-0.39, 0.29) is 24.3 Å². The van der Waals surface area contributed by atoms with Crippen molar-refractivity contribution in [1.82, 2.24) is 0 Å². The number of halogens is 86. The fourth-order valence-corrected chi connectivity index (χ4v) is 9.82. The third kappa shape index (κ3) is 17.0. The van der Waals surface area contributed by atoms with E-state index in [4.69, 9.17) is 0 Å². The van der Waals surface area contributed by atoms with E-state index in [2.05, 4.69) is 9.47 Å². The maximum atomic E-state index is 14.7. The number of aliphatic hydroxyl groups excluding tert-OH is 2. The molecule has 0 radical (unpaired) electrons. The highest BCUT2D eigenvalue weighted by Crippen LogP contribution is 2.77. The lowest BCUT2D eigenvalue weighted by atomic mass is 9.81. The van der Waals surface area contributed by atoms with Gasteiger partial charge in [-0.15, -0.1) is 0 Å². The molecule has 0 amide bonds. The predicted molar refractivity (Wildman–Crippen MR) is 278 cm³/mol. The van der Waals surface area contributed by atoms with Gasteiger partial charge in [-0.25, -0.2) is 9.59 Å². The molecule has 148 heavy (non-hydrogen) atoms. The van der Waals surface area contributed by atoms with Crippen LogP contribution in [0.2, 0.25) is 0 Å². The molecule has 6 nitrogen and oxygen atoms in total. The third-order valence-corrected chi connectivity index (χ3v) is 19.0. The van der Waals surface area contributed by atoms with E-state index < -0.39 is 311 Å². The number of alkyl halides is 86. The summed E-state index contributed by atoms with van der Waals surface area (Å²) in [7, 11) is 0. The van der Waals surface area contributed by atoms with Crippen LogP contribution in [0.15, 0.2) is 24.3 Å². The summed E-state index contributed by atoms with van der Waals surface area (Å²) in [6.45, 7) is -6.27. The van der Waals surface area contributed by atoms with Crippen LogP contribution in [-0.2, 0) is 9.47 Å². The number of aliphatic hydroxyl groups is 2. The molecule has 0 bridgehead atoms. The quantitative estimate of drug-likeness (QED) is 0.0499. The maximum Gasteiger partial charge on any atom is 0.460 e. The number of rotatable bonds is 48. The van der Waals surface area contributed by atoms with Crippen LogP contribution in [-0.4, -0.2) is 297 Å². The van der Waals surface area contributed by atoms with Gasteiger partial charge < -0.3 is 19.7 Å². The number of carbonyl (C=O) groups excluding carboxylic acids is 2. The van der Waals surface area contributed by atoms with Gasteiger partial charge >= 0.3 is 261 Å². The molecule has 0 saturated heterocycles. The van der Waals surface area contributed by atoms with Crippen molar-refractivity contribution in [2.75, 3.05) is 13.2 Å². The van der Waals surface area contributed by atoms with Gasteiger partial charge in [0.25, 0.3) is 0 Å². The molecule has 1 rings (SSSR count). The van der Waals surface area contributed by atoms with Crippen LogP contribution >= 0.6 is 0 Å². The summed E-state index contributed by atoms with van der Waals surface area (Å²) in [5.41, 5.74) is -4.29. The van der Waals surface area contributed by atoms with Gasteiger partial charge in [-0.05, 0) is 12.1 Å². The van der Waals surface area contributed by atoms with Gasteiger partial charge in [0.15, 0.2) is 0 Å². The van der Waals surface area contributed by atoms with Crippen LogP contribution < -0.4 is 0 Å². The van der Waals surface area contributed by atoms with Crippen molar-refractivity contribution in [2.24, 2.45) is 0 Å². The summed E-state index contributed by atoms with van der Waals surface area (Å²) >= 11 is 0. The van der Waals surface area contributed by atoms with Crippen LogP contribution in [0.1, 0.15) is 33.6 Å². The second-order valence-corrected chi connectivity index (χ2v) is 28.7. The van der Waals surface area contributed by atoms with Crippen molar-refractivity contribution in [3.8, 4) is 0 Å². The van der Waals surface area contributed by atoms with Gasteiger partial charge in [0.05, 0.1) is 23.3 Å². The molecule has 0 aliphatic heterocycles. The van der Waals surface area contributed by atoms with E-state index in [9.17, 15) is 397 Å². The molecule has 0 aromatic heterocycles. The average Bonchev–Trinajstić information content (AvgIpc) is 0.653. The summed E-state index contributed by atoms with van der Waals surface area (Å²) < 4.78 is 1220. The summed E-state index contributed by atoms with van der Waals surface area (Å²) in [6.07, 6.45) is -35.4. The van der Waals surface area contributed by atoms with Crippen molar-refractivity contribution >= 4 is 11.9 Å². The first-order valence-corrected chi connectivity index (χ1v) is 32.8. The Hall–Kier alpha value is -7.94. The molecule has 0 heterocycles. The number of ether oxygens (including phenoxy) is 2. The molecule has 2 N–H and O–H groups in total. The Morgan fingerprint density at radius 2 is 0.250 bits per heavy atom. The first-order valence-electron chi connectivity index (χ1n) is 32.8. The summed E-state index contributed by atoms with van der Waals surface area (Å²) in [5.74, 6) is -423. The van der Waals surface area contributed by atoms with Crippen LogP contribution in [0.3, 0.4) is 0 Å². The van der Waals surface area contributed by atoms with Gasteiger partial charge in [0.2, 0.25) is 0 Å². The van der Waals surface area contributed by atoms with Crippen molar-refractivity contribution < 1.29 is 407 Å². The Labute approximate surface area is 742 Å². The molecular formula is C56H16F86O6. The smallest absolute Gasteiger partial charge is 0.459 e. The highest BCUT2D eigenvalue weighted by atomic mass is 19.5. The van der Waals surface area contributed by atoms with E-state index in [1.165, 1.54) is 0 Å². The highest BCUT2D eigenvalue weighted by Gasteiger charge is 3.08. The van der Waals surface area contributed by atoms with Crippen LogP contribution in [0, 0.1) is 0 Å². The van der Waals surface area contributed by atoms with E-state index in [0.29, 0.717) is 0 Å². The van der Waals surface area contributed by atoms with Crippen LogP contribution in [0.25, 0.3) is 0 Å². The molecule has 2 unspecified atom stereocenters. The van der Waals surface area contributed by atoms with Crippen LogP contribution in [0.5, 0.6) is 0 Å². The zero-order valence-corrected chi connectivity index (χ0v) is 64.3. The van der Waals surface area contributed by atoms with Gasteiger partial charge in [0.1, 0.15) is 13.2 Å². The molecule has 1 aromatic rings. The number of hydrogen-bond acceptors (Lipinski definition) is 6. The Morgan fingerprint density at radius 3 is 0.345 bits per heavy atom. The molecule has 92 heteroatoms. The van der Waals surface area contributed by atoms with E-state index in [0.717, 1.165) is 0 Å². The normalized spacial score (nSPS) is 17.3. The van der Waals surface area contributed by atoms with Crippen molar-refractivity contribution in [3.63, 3.8) is 0 Å². The molecule has 0 saturated carbocycles. The number of esters is 2. The Kier molecular flexibility index (Phi) is 33.4. The van der Waals surface area contributed by atoms with Gasteiger partial charge in [-0.3, -0.25) is 0 Å². The Bertz CT molecular complexity index is 4570. The minimum absolute atomic E-state index is 0.0761. The first-order chi connectivity index (χ1) is 62.8. The lowest BCUT2D eigenvalue weighted by molar-refractivity contribution is -0.496. The molecule has 0 aliphatic rings. The molecule has 0 aliphatic carbocycles. The second kappa shape index (κ2) is 35.8. The summed E-state index contributed by atoms with van der Waals surface area (Å²) in [5, 5.41) is 19.2. The zero-order valence-electron chi connectivity index (χ0n) is 64.3. The van der Waals surface area contributed by atoms with Crippen molar-refractivity contribution in [2.45, 2.75) is 274 Å². The lowest BCUT2D eigenvalue weighted by Crippen LogP contribution is -2.80. The van der Waals surface area contributed by atoms with E-state index in [1.807, 2.05) is 0 Å². The predicted octanol–water partition coefficient (Wildman–Crippen LogP) is 28.0. The largest absolute Gasteiger partial charge is 0.460 e. The SMILES string of the molecule is O=C(OCC(O)CC(F)(F)C(F)(F)C(F)(F)C(F)(F)C(F)(F)C(F)(F)C(F)(F)C(F)(F)C(F)(F)C(F)(F)C(F)(F)C(F)(F)C(F)(F)C(F)(F)C(F)(F)C(F)(F)C(F)(F)C(F)(F)C(F)(F)C(F)(F)C(F)(F)F)c1ccccc1C(=O)OCC(O)CC(F)(F)C(F)(F)C(F)(F)C(F)(F)C(F)(F)C(F)(F)C(F)(F)C(F)(F)C(F)(F)C(F)(F)C(F)(F)C(F)(F)C(F)(F)C(F)(F)C(F)(F)C(F)(F)C(F)(F)C(F)(F)C(F)(F)C(F)(F)C(F)(F)F. The topological polar surface area (TPSA) is 93.1 Å². The van der Waals surface area contributed by atoms with Gasteiger partial charge in [-0.2, -0.15) is 378 Å². The monoisotopic (exact) mass is 2420 g/mol. The minimum atomic E-state index is -11.0. The molecular weight excluding hydrogens is 2400 g/mol. The number of benzene rings is 1. The fourth-order valence-electron chi connectivity index (χ4n) is 9.82. The molecule has 0 fully saturated rings. The van der Waals surface area contributed by atoms with Gasteiger partial charge in [0, 0.05) is 12.8 Å². The highest BCUT2D eigenvalue weighted by molar-refractivity contribution is 6.03. The fraction of sp³-hybridized carbons (Fsp3) is 0.857. The molecule has 0 spiro atoms. The molecule has 878 valence electrons. The van der Waals surface area contributed by atoms with E-state index in [1.54, 1.807) is 0 Å². The molecule has 2 atom stereocenters. The number of hydrogen-bond donors (Lipinski definition) is 2. The van der Waals surface area contributed by atoms with E-state index >= 15 is 0 Å². The number of carbonyl (C=O) groups is 2. The van der Waals surface area contributed by atoms with Crippen molar-refractivity contribution in [1.29, 1.82) is 0 Å². The van der Waals surface area contributed by atoms with Crippen LogP contribution in [0.4, 0.5) is 378 Å². The third-order valence-electron chi connectivity index (χ3n) is 19.0. The Balaban J connectivity index is 3.87. The summed E-state index contributed by atoms with van der Waals surface area (Å²) in [6, 6.07) is -0.443. The van der Waals surface area contributed by atoms with Crippen molar-refractivity contribution in [3.05, 3.63) is 35.4 Å². The summed E-state index contributed by atoms with van der Waals surface area (Å²) in [4.78, 5) is 25.2. The standard InChI is InChI=1S/C56H16F86O6/c57-15(58,17(61,62)19(65,66)21(69,70)23(73,74)25(77,78)27(81,82)29(85,86)31(89,90)33(93,94)35(97,98)37(101,102)39(105,106)41(109,110)43(113,114)45(117,118)47(121,122)49(125,126)51(129,130)53(133,134)55(137,138)139)5-9(143)7-147-13(145)11-3-1-2-4-12(11)14(146)148-8-10(144)6-16(59,60)18(63,64)20(67,68)22(71,72)24(75,76)26(79,80)28(83,84)30(87,88)32(91,92)34(95,96)36(99,100)38(103,104)40(107,108)42(111,112)44(115,116)46(119,120)48(123,124)50(127,128)52(131,132)54(135,136)56(140,141)142/h1-4,9-10,143-144H,5-8H2. The zero-order chi connectivity index (χ0) is 122. The minimum Gasteiger partial charge on any atom is -0.459 e. The lowest BCUT2D eigenvalue weighted by Gasteiger charge is -2.47. The Morgan fingerprint density at radius 1 is 0.162 bits per heavy atom. The van der Waals surface area contributed by atoms with Gasteiger partial charge in [-0.1, -0.05) is 12.1 Å². The molecule has 1 aromatic carbocycles.